The van der Waals surface area contributed by atoms with Crippen molar-refractivity contribution in [3.8, 4) is 23.6 Å². The highest BCUT2D eigenvalue weighted by Gasteiger charge is 2.64. The van der Waals surface area contributed by atoms with Gasteiger partial charge in [-0.2, -0.15) is 30.9 Å². The molecule has 0 bridgehead atoms. The molecule has 8 rings (SSSR count). The van der Waals surface area contributed by atoms with Crippen molar-refractivity contribution >= 4 is 74.0 Å². The number of rotatable bonds is 30. The highest BCUT2D eigenvalue weighted by Crippen LogP contribution is 2.52. The number of esters is 6. The number of fused-ring (bicyclic) bond motifs is 2. The van der Waals surface area contributed by atoms with Crippen LogP contribution in [0.2, 0.25) is 0 Å². The number of aromatic nitrogens is 6. The van der Waals surface area contributed by atoms with E-state index in [1.807, 2.05) is 26.0 Å². The van der Waals surface area contributed by atoms with Gasteiger partial charge in [0.1, 0.15) is 84.8 Å². The normalized spacial score (nSPS) is 22.3. The monoisotopic (exact) mass is 1400 g/mol. The first-order valence-electron chi connectivity index (χ1n) is 31.5. The fourth-order valence-corrected chi connectivity index (χ4v) is 12.6. The maximum atomic E-state index is 14.3. The molecule has 2 aliphatic heterocycles. The Morgan fingerprint density at radius 2 is 0.867 bits per heavy atom. The number of nitrogen functional groups attached to an aromatic ring is 2. The van der Waals surface area contributed by atoms with Crippen molar-refractivity contribution in [2.45, 2.75) is 156 Å². The average molecular weight is 1400 g/mol. The van der Waals surface area contributed by atoms with E-state index in [1.165, 1.54) is 59.8 Å². The number of carbonyl (C=O) groups is 6. The van der Waals surface area contributed by atoms with Crippen LogP contribution in [0.5, 0.6) is 11.5 Å². The first kappa shape index (κ1) is 76.3. The second-order valence-electron chi connectivity index (χ2n) is 24.0. The molecule has 6 aromatic rings. The number of nitrogens with zero attached hydrogens (tertiary/aromatic N) is 8. The summed E-state index contributed by atoms with van der Waals surface area (Å²) in [5, 5.41) is 35.1. The van der Waals surface area contributed by atoms with Crippen LogP contribution in [0.15, 0.2) is 97.6 Å². The number of anilines is 2. The van der Waals surface area contributed by atoms with Crippen LogP contribution in [0.4, 0.5) is 11.6 Å². The summed E-state index contributed by atoms with van der Waals surface area (Å²) in [5.41, 5.74) is 8.96. The molecule has 6 N–H and O–H groups in total. The summed E-state index contributed by atoms with van der Waals surface area (Å²) in [7, 11) is -9.06. The Hall–Kier alpha value is -9.10. The molecule has 12 atom stereocenters. The van der Waals surface area contributed by atoms with Gasteiger partial charge in [-0.05, 0) is 75.2 Å². The Morgan fingerprint density at radius 3 is 1.18 bits per heavy atom. The Morgan fingerprint density at radius 1 is 0.531 bits per heavy atom. The lowest BCUT2D eigenvalue weighted by atomic mass is 9.95. The van der Waals surface area contributed by atoms with Crippen LogP contribution in [-0.4, -0.2) is 139 Å². The Kier molecular flexibility index (Phi) is 26.0. The van der Waals surface area contributed by atoms with Gasteiger partial charge in [0.25, 0.3) is 0 Å². The number of ether oxygens (including phenoxy) is 8. The van der Waals surface area contributed by atoms with E-state index in [-0.39, 0.29) is 47.7 Å². The van der Waals surface area contributed by atoms with Gasteiger partial charge >= 0.3 is 51.3 Å². The molecule has 0 saturated carbocycles. The molecule has 0 radical (unpaired) electrons. The zero-order valence-electron chi connectivity index (χ0n) is 56.2. The minimum Gasteiger partial charge on any atom is -0.465 e. The zero-order chi connectivity index (χ0) is 71.9. The maximum Gasteiger partial charge on any atom is 0.459 e. The van der Waals surface area contributed by atoms with E-state index in [9.17, 15) is 48.4 Å². The summed E-state index contributed by atoms with van der Waals surface area (Å²) in [6.07, 6.45) is -5.07. The summed E-state index contributed by atoms with van der Waals surface area (Å²) in [5.74, 6) is -6.30. The van der Waals surface area contributed by atoms with E-state index in [4.69, 9.17) is 67.5 Å². The molecule has 32 nitrogen and oxygen atoms in total. The smallest absolute Gasteiger partial charge is 0.459 e. The van der Waals surface area contributed by atoms with E-state index >= 15 is 0 Å². The lowest BCUT2D eigenvalue weighted by Crippen LogP contribution is -2.50. The molecule has 0 unspecified atom stereocenters. The standard InChI is InChI=1S/2C32H41N6O10P/c2*1-7-15-43-31(41)21(6)37-49(42,48-22-11-9-8-10-12-22)44-17-32(16-33)27(46-30(40)20(4)5)26(45-29(39)19(2)3)25(47-32)23-13-14-24-28(34)35-18-36-38(23)24/h2*8-14,18-21,25-27H,7,15,17H2,1-6H3,(H,37,42)(H2,34,35,36)/t21-,25-,26-,27-,32+,49+;21-,25-,26-,27-,32+,49-/m00/s1. The highest BCUT2D eigenvalue weighted by atomic mass is 31.2. The van der Waals surface area contributed by atoms with E-state index in [0.717, 1.165) is 0 Å². The van der Waals surface area contributed by atoms with Gasteiger partial charge in [-0.3, -0.25) is 37.8 Å². The van der Waals surface area contributed by atoms with E-state index < -0.39 is 148 Å². The number of carbonyl (C=O) groups excluding carboxylic acids is 6. The Balaban J connectivity index is 0.000000276. The summed E-state index contributed by atoms with van der Waals surface area (Å²) in [6, 6.07) is 24.1. The lowest BCUT2D eigenvalue weighted by molar-refractivity contribution is -0.173. The molecule has 98 heavy (non-hydrogen) atoms. The molecule has 528 valence electrons. The second-order valence-corrected chi connectivity index (χ2v) is 27.4. The van der Waals surface area contributed by atoms with Gasteiger partial charge in [0.2, 0.25) is 11.2 Å². The summed E-state index contributed by atoms with van der Waals surface area (Å²) < 4.78 is 101. The fraction of sp³-hybridized carbons (Fsp3) is 0.500. The van der Waals surface area contributed by atoms with E-state index in [0.29, 0.717) is 23.9 Å². The van der Waals surface area contributed by atoms with Gasteiger partial charge in [0.05, 0.1) is 48.3 Å². The van der Waals surface area contributed by atoms with Gasteiger partial charge in [-0.25, -0.2) is 28.1 Å². The van der Waals surface area contributed by atoms with Crippen molar-refractivity contribution in [1.82, 2.24) is 39.4 Å². The molecule has 0 aliphatic carbocycles. The number of para-hydroxylation sites is 2. The molecule has 0 spiro atoms. The van der Waals surface area contributed by atoms with Crippen LogP contribution in [0.1, 0.15) is 120 Å². The minimum atomic E-state index is -4.53. The molecule has 6 heterocycles. The number of nitrogens with one attached hydrogen (secondary N) is 2. The second kappa shape index (κ2) is 33.4. The summed E-state index contributed by atoms with van der Waals surface area (Å²) >= 11 is 0. The number of nitrogens with two attached hydrogens (primary N) is 2. The van der Waals surface area contributed by atoms with Crippen molar-refractivity contribution in [2.24, 2.45) is 23.7 Å². The van der Waals surface area contributed by atoms with Crippen LogP contribution in [0.25, 0.3) is 11.0 Å². The van der Waals surface area contributed by atoms with Crippen LogP contribution < -0.4 is 30.7 Å². The molecular weight excluding hydrogens is 1320 g/mol. The van der Waals surface area contributed by atoms with Gasteiger partial charge in [0, 0.05) is 0 Å². The molecule has 4 aromatic heterocycles. The van der Waals surface area contributed by atoms with Crippen LogP contribution in [0.3, 0.4) is 0 Å². The largest absolute Gasteiger partial charge is 0.465 e. The number of hydrogen-bond donors (Lipinski definition) is 4. The molecule has 2 saturated heterocycles. The first-order chi connectivity index (χ1) is 46.5. The summed E-state index contributed by atoms with van der Waals surface area (Å²) in [6.45, 7) is 17.8. The molecule has 2 aliphatic rings. The Labute approximate surface area is 565 Å². The predicted octanol–water partition coefficient (Wildman–Crippen LogP) is 7.83. The average Bonchev–Trinajstić information content (AvgIpc) is 1.59. The Bertz CT molecular complexity index is 3710. The topological polar surface area (TPSA) is 431 Å². The maximum absolute atomic E-state index is 14.3. The SMILES string of the molecule is CCCOC(=O)[C@H](C)N[P@@](=O)(OC[C@@]1(C#N)O[C@@H](c2ccc3c(N)ncnn23)[C@H](OC(=O)C(C)C)[C@@H]1OC(=O)C(C)C)Oc1ccccc1.CCCOC(=O)[C@H](C)N[P@](=O)(OC[C@@]1(C#N)O[C@@H](c2ccc3c(N)ncnn23)[C@H](OC(=O)C(C)C)[C@@H]1OC(=O)C(C)C)Oc1ccccc1. The van der Waals surface area contributed by atoms with Crippen molar-refractivity contribution in [3.63, 3.8) is 0 Å². The summed E-state index contributed by atoms with van der Waals surface area (Å²) in [4.78, 5) is 85.6. The quantitative estimate of drug-likeness (QED) is 0.0189. The lowest BCUT2D eigenvalue weighted by Gasteiger charge is -2.31. The minimum absolute atomic E-state index is 0.118. The fourth-order valence-electron chi connectivity index (χ4n) is 9.53. The third-order valence-corrected chi connectivity index (χ3v) is 18.0. The highest BCUT2D eigenvalue weighted by molar-refractivity contribution is 7.52. The molecule has 34 heteroatoms. The van der Waals surface area contributed by atoms with Crippen molar-refractivity contribution in [3.05, 3.63) is 109 Å². The molecule has 2 fully saturated rings. The number of nitriles is 2. The van der Waals surface area contributed by atoms with E-state index in [2.05, 4.69) is 30.3 Å². The third-order valence-electron chi connectivity index (χ3n) is 14.8. The zero-order valence-corrected chi connectivity index (χ0v) is 58.0. The number of benzene rings is 2. The van der Waals surface area contributed by atoms with Gasteiger partial charge in [0.15, 0.2) is 36.1 Å². The van der Waals surface area contributed by atoms with Crippen molar-refractivity contribution < 1.29 is 93.9 Å². The molecular formula is C64H82N12O20P2. The van der Waals surface area contributed by atoms with Crippen LogP contribution in [0, 0.1) is 46.3 Å². The third kappa shape index (κ3) is 18.4. The van der Waals surface area contributed by atoms with Gasteiger partial charge in [-0.15, -0.1) is 0 Å². The first-order valence-corrected chi connectivity index (χ1v) is 34.6. The van der Waals surface area contributed by atoms with Crippen LogP contribution in [-0.2, 0) is 84.8 Å². The molecule has 2 aromatic carbocycles. The number of hydrogen-bond acceptors (Lipinski definition) is 28. The van der Waals surface area contributed by atoms with Crippen molar-refractivity contribution in [1.29, 1.82) is 10.5 Å². The molecule has 0 amide bonds. The predicted molar refractivity (Wildman–Crippen MR) is 347 cm³/mol. The van der Waals surface area contributed by atoms with Crippen molar-refractivity contribution in [2.75, 3.05) is 37.9 Å². The van der Waals surface area contributed by atoms with Crippen LogP contribution >= 0.6 is 15.5 Å². The van der Waals surface area contributed by atoms with Gasteiger partial charge in [-0.1, -0.05) is 106 Å². The van der Waals surface area contributed by atoms with Gasteiger partial charge < -0.3 is 58.4 Å². The van der Waals surface area contributed by atoms with E-state index in [1.54, 1.807) is 116 Å².